The minimum absolute atomic E-state index is 0.922. The summed E-state index contributed by atoms with van der Waals surface area (Å²) in [5, 5.41) is 1.89. The first-order valence-electron chi connectivity index (χ1n) is 6.13. The van der Waals surface area contributed by atoms with E-state index in [9.17, 15) is 0 Å². The fraction of sp³-hybridized carbons (Fsp3) is 0.538. The van der Waals surface area contributed by atoms with E-state index in [-0.39, 0.29) is 0 Å². The lowest BCUT2D eigenvalue weighted by atomic mass is 10.1. The lowest BCUT2D eigenvalue weighted by molar-refractivity contribution is 0.135. The summed E-state index contributed by atoms with van der Waals surface area (Å²) in [6.07, 6.45) is 1.09. The van der Waals surface area contributed by atoms with Gasteiger partial charge >= 0.3 is 0 Å². The normalized spacial score (nSPS) is 18.2. The van der Waals surface area contributed by atoms with Crippen molar-refractivity contribution in [3.05, 3.63) is 29.8 Å². The summed E-state index contributed by atoms with van der Waals surface area (Å²) >= 11 is 0. The fourth-order valence-corrected chi connectivity index (χ4v) is 2.07. The largest absolute Gasteiger partial charge is 0.497 e. The number of hydrogen-bond acceptors (Lipinski definition) is 4. The van der Waals surface area contributed by atoms with Crippen LogP contribution in [0.4, 0.5) is 0 Å². The van der Waals surface area contributed by atoms with Gasteiger partial charge in [-0.2, -0.15) is 0 Å². The van der Waals surface area contributed by atoms with Crippen molar-refractivity contribution in [1.82, 2.24) is 9.91 Å². The summed E-state index contributed by atoms with van der Waals surface area (Å²) in [6.45, 7) is 5.21. The number of piperazine rings is 1. The Kier molecular flexibility index (Phi) is 4.36. The molecule has 0 amide bonds. The standard InChI is InChI=1S/C13H21N3O/c1-17-13-4-2-12(3-5-13)6-7-15-8-10-16(14)11-9-15/h2-5H,6-11,14H2,1H3. The first-order chi connectivity index (χ1) is 8.28. The number of ether oxygens (including phenoxy) is 1. The lowest BCUT2D eigenvalue weighted by Gasteiger charge is -2.31. The minimum Gasteiger partial charge on any atom is -0.497 e. The summed E-state index contributed by atoms with van der Waals surface area (Å²) in [5.41, 5.74) is 1.36. The molecule has 1 aliphatic heterocycles. The van der Waals surface area contributed by atoms with Crippen molar-refractivity contribution in [3.63, 3.8) is 0 Å². The van der Waals surface area contributed by atoms with Crippen LogP contribution in [0.1, 0.15) is 5.56 Å². The monoisotopic (exact) mass is 235 g/mol. The second-order valence-corrected chi connectivity index (χ2v) is 4.48. The highest BCUT2D eigenvalue weighted by Gasteiger charge is 2.13. The van der Waals surface area contributed by atoms with Gasteiger partial charge in [-0.1, -0.05) is 12.1 Å². The molecule has 1 aliphatic rings. The van der Waals surface area contributed by atoms with Gasteiger partial charge in [0.05, 0.1) is 7.11 Å². The van der Waals surface area contributed by atoms with Crippen LogP contribution in [-0.4, -0.2) is 49.7 Å². The van der Waals surface area contributed by atoms with E-state index in [0.29, 0.717) is 0 Å². The van der Waals surface area contributed by atoms with Crippen molar-refractivity contribution in [2.24, 2.45) is 5.84 Å². The lowest BCUT2D eigenvalue weighted by Crippen LogP contribution is -2.49. The maximum atomic E-state index is 5.73. The molecule has 1 aromatic rings. The van der Waals surface area contributed by atoms with Crippen LogP contribution < -0.4 is 10.6 Å². The highest BCUT2D eigenvalue weighted by atomic mass is 16.5. The van der Waals surface area contributed by atoms with E-state index in [4.69, 9.17) is 10.6 Å². The average Bonchev–Trinajstić information content (AvgIpc) is 2.39. The molecule has 2 rings (SSSR count). The molecule has 0 bridgehead atoms. The van der Waals surface area contributed by atoms with Crippen LogP contribution in [0.15, 0.2) is 24.3 Å². The van der Waals surface area contributed by atoms with Gasteiger partial charge in [-0.25, -0.2) is 5.01 Å². The van der Waals surface area contributed by atoms with Gasteiger partial charge < -0.3 is 9.64 Å². The average molecular weight is 235 g/mol. The Hall–Kier alpha value is -1.10. The Labute approximate surface area is 103 Å². The van der Waals surface area contributed by atoms with E-state index >= 15 is 0 Å². The molecule has 94 valence electrons. The van der Waals surface area contributed by atoms with Crippen molar-refractivity contribution in [3.8, 4) is 5.75 Å². The number of benzene rings is 1. The Morgan fingerprint density at radius 1 is 1.12 bits per heavy atom. The second-order valence-electron chi connectivity index (χ2n) is 4.48. The predicted molar refractivity (Wildman–Crippen MR) is 68.9 cm³/mol. The van der Waals surface area contributed by atoms with Gasteiger partial charge in [0.2, 0.25) is 0 Å². The van der Waals surface area contributed by atoms with Crippen LogP contribution in [0.2, 0.25) is 0 Å². The molecule has 4 heteroatoms. The molecular weight excluding hydrogens is 214 g/mol. The van der Waals surface area contributed by atoms with Gasteiger partial charge in [-0.15, -0.1) is 0 Å². The SMILES string of the molecule is COc1ccc(CCN2CCN(N)CC2)cc1. The highest BCUT2D eigenvalue weighted by molar-refractivity contribution is 5.27. The van der Waals surface area contributed by atoms with E-state index in [1.54, 1.807) is 7.11 Å². The Morgan fingerprint density at radius 3 is 2.35 bits per heavy atom. The number of hydrazine groups is 1. The van der Waals surface area contributed by atoms with Crippen LogP contribution in [0.25, 0.3) is 0 Å². The molecule has 0 atom stereocenters. The highest BCUT2D eigenvalue weighted by Crippen LogP contribution is 2.12. The smallest absolute Gasteiger partial charge is 0.118 e. The summed E-state index contributed by atoms with van der Waals surface area (Å²) in [5.74, 6) is 6.65. The van der Waals surface area contributed by atoms with Gasteiger partial charge in [-0.05, 0) is 24.1 Å². The molecule has 0 aliphatic carbocycles. The topological polar surface area (TPSA) is 41.7 Å². The Bertz CT molecular complexity index is 331. The zero-order valence-corrected chi connectivity index (χ0v) is 10.4. The van der Waals surface area contributed by atoms with Crippen LogP contribution in [0, 0.1) is 0 Å². The van der Waals surface area contributed by atoms with Crippen molar-refractivity contribution in [2.45, 2.75) is 6.42 Å². The van der Waals surface area contributed by atoms with Crippen LogP contribution in [0.3, 0.4) is 0 Å². The number of methoxy groups -OCH3 is 1. The molecule has 2 N–H and O–H groups in total. The second kappa shape index (κ2) is 6.00. The van der Waals surface area contributed by atoms with Crippen molar-refractivity contribution in [1.29, 1.82) is 0 Å². The molecule has 1 heterocycles. The molecule has 1 fully saturated rings. The van der Waals surface area contributed by atoms with Crippen molar-refractivity contribution >= 4 is 0 Å². The summed E-state index contributed by atoms with van der Waals surface area (Å²) in [4.78, 5) is 2.47. The maximum Gasteiger partial charge on any atom is 0.118 e. The third kappa shape index (κ3) is 3.70. The zero-order chi connectivity index (χ0) is 12.1. The Balaban J connectivity index is 1.77. The first kappa shape index (κ1) is 12.4. The molecule has 0 unspecified atom stereocenters. The van der Waals surface area contributed by atoms with Crippen LogP contribution in [0.5, 0.6) is 5.75 Å². The molecule has 0 radical (unpaired) electrons. The van der Waals surface area contributed by atoms with E-state index in [2.05, 4.69) is 17.0 Å². The third-order valence-corrected chi connectivity index (χ3v) is 3.28. The van der Waals surface area contributed by atoms with E-state index < -0.39 is 0 Å². The molecule has 4 nitrogen and oxygen atoms in total. The maximum absolute atomic E-state index is 5.73. The number of nitrogens with zero attached hydrogens (tertiary/aromatic N) is 2. The van der Waals surface area contributed by atoms with Crippen molar-refractivity contribution < 1.29 is 4.74 Å². The van der Waals surface area contributed by atoms with Gasteiger partial charge in [0.15, 0.2) is 0 Å². The third-order valence-electron chi connectivity index (χ3n) is 3.28. The molecule has 0 spiro atoms. The van der Waals surface area contributed by atoms with Crippen LogP contribution >= 0.6 is 0 Å². The number of nitrogens with two attached hydrogens (primary N) is 1. The summed E-state index contributed by atoms with van der Waals surface area (Å²) in [6, 6.07) is 8.32. The fourth-order valence-electron chi connectivity index (χ4n) is 2.07. The van der Waals surface area contributed by atoms with Crippen molar-refractivity contribution in [2.75, 3.05) is 39.8 Å². The molecule has 17 heavy (non-hydrogen) atoms. The molecule has 0 saturated carbocycles. The van der Waals surface area contributed by atoms with Gasteiger partial charge in [0.1, 0.15) is 5.75 Å². The summed E-state index contributed by atoms with van der Waals surface area (Å²) in [7, 11) is 1.70. The van der Waals surface area contributed by atoms with E-state index in [1.807, 2.05) is 17.1 Å². The van der Waals surface area contributed by atoms with Crippen LogP contribution in [-0.2, 0) is 6.42 Å². The molecular formula is C13H21N3O. The molecule has 1 saturated heterocycles. The quantitative estimate of drug-likeness (QED) is 0.781. The predicted octanol–water partition coefficient (Wildman–Crippen LogP) is 0.729. The number of hydrogen-bond donors (Lipinski definition) is 1. The first-order valence-corrected chi connectivity index (χ1v) is 6.13. The molecule has 1 aromatic carbocycles. The van der Waals surface area contributed by atoms with Gasteiger partial charge in [0, 0.05) is 32.7 Å². The zero-order valence-electron chi connectivity index (χ0n) is 10.4. The van der Waals surface area contributed by atoms with E-state index in [1.165, 1.54) is 5.56 Å². The van der Waals surface area contributed by atoms with Gasteiger partial charge in [0.25, 0.3) is 0 Å². The summed E-state index contributed by atoms with van der Waals surface area (Å²) < 4.78 is 5.15. The van der Waals surface area contributed by atoms with Gasteiger partial charge in [-0.3, -0.25) is 5.84 Å². The van der Waals surface area contributed by atoms with E-state index in [0.717, 1.165) is 44.9 Å². The Morgan fingerprint density at radius 2 is 1.76 bits per heavy atom. The number of rotatable bonds is 4. The molecule has 0 aromatic heterocycles. The minimum atomic E-state index is 0.922.